The first-order chi connectivity index (χ1) is 19.8. The number of rotatable bonds is 1. The van der Waals surface area contributed by atoms with Crippen LogP contribution in [0.25, 0.3) is 43.9 Å². The summed E-state index contributed by atoms with van der Waals surface area (Å²) in [5.74, 6) is 1.80. The van der Waals surface area contributed by atoms with E-state index in [4.69, 9.17) is 9.72 Å². The van der Waals surface area contributed by atoms with Crippen LogP contribution in [0.3, 0.4) is 0 Å². The number of aromatic nitrogens is 1. The highest BCUT2D eigenvalue weighted by atomic mass is 16.5. The third-order valence-electron chi connectivity index (χ3n) is 8.73. The molecule has 0 bridgehead atoms. The van der Waals surface area contributed by atoms with Crippen LogP contribution in [0.15, 0.2) is 140 Å². The molecule has 1 spiro atoms. The van der Waals surface area contributed by atoms with Gasteiger partial charge in [-0.2, -0.15) is 0 Å². The van der Waals surface area contributed by atoms with Crippen molar-refractivity contribution in [1.29, 1.82) is 0 Å². The lowest BCUT2D eigenvalue weighted by atomic mass is 9.66. The molecule has 0 fully saturated rings. The fourth-order valence-corrected chi connectivity index (χ4v) is 7.01. The van der Waals surface area contributed by atoms with Gasteiger partial charge in [0.25, 0.3) is 0 Å². The van der Waals surface area contributed by atoms with Gasteiger partial charge in [0.2, 0.25) is 0 Å². The lowest BCUT2D eigenvalue weighted by molar-refractivity contribution is 0.436. The van der Waals surface area contributed by atoms with Crippen LogP contribution < -0.4 is 4.74 Å². The van der Waals surface area contributed by atoms with Crippen LogP contribution in [0.4, 0.5) is 0 Å². The summed E-state index contributed by atoms with van der Waals surface area (Å²) in [6, 6.07) is 47.9. The molecule has 0 saturated heterocycles. The fraction of sp³-hybridized carbons (Fsp3) is 0.0263. The molecule has 40 heavy (non-hydrogen) atoms. The molecule has 0 amide bonds. The van der Waals surface area contributed by atoms with Crippen molar-refractivity contribution in [2.45, 2.75) is 5.41 Å². The molecule has 7 aromatic rings. The molecule has 0 N–H and O–H groups in total. The van der Waals surface area contributed by atoms with E-state index in [-0.39, 0.29) is 0 Å². The Labute approximate surface area is 232 Å². The van der Waals surface area contributed by atoms with Crippen molar-refractivity contribution in [1.82, 2.24) is 4.98 Å². The summed E-state index contributed by atoms with van der Waals surface area (Å²) in [6.07, 6.45) is 2.00. The second-order valence-electron chi connectivity index (χ2n) is 10.8. The minimum atomic E-state index is -0.472. The molecule has 2 nitrogen and oxygen atoms in total. The maximum Gasteiger partial charge on any atom is 0.132 e. The quantitative estimate of drug-likeness (QED) is 0.206. The second-order valence-corrected chi connectivity index (χ2v) is 10.8. The molecule has 6 aromatic carbocycles. The Morgan fingerprint density at radius 1 is 0.450 bits per heavy atom. The molecule has 0 saturated carbocycles. The molecule has 1 aliphatic carbocycles. The van der Waals surface area contributed by atoms with E-state index in [1.165, 1.54) is 44.0 Å². The van der Waals surface area contributed by atoms with Crippen LogP contribution in [0.5, 0.6) is 11.5 Å². The summed E-state index contributed by atoms with van der Waals surface area (Å²) in [6.45, 7) is 0. The smallest absolute Gasteiger partial charge is 0.132 e. The molecular formula is C38H23NO. The Morgan fingerprint density at radius 2 is 1.05 bits per heavy atom. The molecular weight excluding hydrogens is 486 g/mol. The molecule has 1 aliphatic heterocycles. The van der Waals surface area contributed by atoms with Gasteiger partial charge in [-0.3, -0.25) is 4.98 Å². The Kier molecular flexibility index (Phi) is 4.29. The standard InChI is InChI=1S/C38H23NO/c1-2-10-25-20-28-23-39-35(22-27(28)19-24(25)9-1)26-17-18-37-34(21-26)38(33-15-7-8-16-36(33)40-37)31-13-5-3-11-29(31)30-12-4-6-14-32(30)38/h1-23H. The van der Waals surface area contributed by atoms with Crippen molar-refractivity contribution >= 4 is 21.5 Å². The third kappa shape index (κ3) is 2.80. The average Bonchev–Trinajstić information content (AvgIpc) is 3.31. The van der Waals surface area contributed by atoms with Crippen molar-refractivity contribution in [3.63, 3.8) is 0 Å². The zero-order valence-corrected chi connectivity index (χ0v) is 21.6. The van der Waals surface area contributed by atoms with Crippen LogP contribution >= 0.6 is 0 Å². The van der Waals surface area contributed by atoms with Crippen molar-refractivity contribution in [2.24, 2.45) is 0 Å². The monoisotopic (exact) mass is 509 g/mol. The van der Waals surface area contributed by atoms with E-state index < -0.39 is 5.41 Å². The van der Waals surface area contributed by atoms with Crippen LogP contribution in [0, 0.1) is 0 Å². The predicted molar refractivity (Wildman–Crippen MR) is 162 cm³/mol. The van der Waals surface area contributed by atoms with E-state index in [0.29, 0.717) is 0 Å². The molecule has 0 unspecified atom stereocenters. The number of pyridine rings is 1. The van der Waals surface area contributed by atoms with E-state index in [2.05, 4.69) is 133 Å². The first-order valence-electron chi connectivity index (χ1n) is 13.7. The average molecular weight is 510 g/mol. The summed E-state index contributed by atoms with van der Waals surface area (Å²) >= 11 is 0. The van der Waals surface area contributed by atoms with Crippen LogP contribution in [-0.2, 0) is 5.41 Å². The van der Waals surface area contributed by atoms with Gasteiger partial charge in [0, 0.05) is 28.3 Å². The second kappa shape index (κ2) is 7.91. The topological polar surface area (TPSA) is 22.1 Å². The number of hydrogen-bond acceptors (Lipinski definition) is 2. The third-order valence-corrected chi connectivity index (χ3v) is 8.73. The van der Waals surface area contributed by atoms with Crippen molar-refractivity contribution in [3.8, 4) is 33.9 Å². The molecule has 9 rings (SSSR count). The predicted octanol–water partition coefficient (Wildman–Crippen LogP) is 9.52. The molecule has 0 radical (unpaired) electrons. The first-order valence-corrected chi connectivity index (χ1v) is 13.7. The van der Waals surface area contributed by atoms with Crippen LogP contribution in [0.1, 0.15) is 22.3 Å². The highest BCUT2D eigenvalue weighted by Crippen LogP contribution is 2.62. The van der Waals surface area contributed by atoms with E-state index in [1.807, 2.05) is 6.20 Å². The van der Waals surface area contributed by atoms with Gasteiger partial charge in [-0.1, -0.05) is 91.0 Å². The van der Waals surface area contributed by atoms with Gasteiger partial charge in [0.15, 0.2) is 0 Å². The fourth-order valence-electron chi connectivity index (χ4n) is 7.01. The minimum Gasteiger partial charge on any atom is -0.457 e. The Balaban J connectivity index is 1.32. The maximum atomic E-state index is 6.58. The van der Waals surface area contributed by atoms with E-state index in [0.717, 1.165) is 33.7 Å². The van der Waals surface area contributed by atoms with Crippen LogP contribution in [0.2, 0.25) is 0 Å². The zero-order valence-electron chi connectivity index (χ0n) is 21.6. The summed E-state index contributed by atoms with van der Waals surface area (Å²) < 4.78 is 6.58. The van der Waals surface area contributed by atoms with E-state index in [1.54, 1.807) is 0 Å². The normalized spacial score (nSPS) is 13.9. The number of benzene rings is 6. The molecule has 2 aliphatic rings. The van der Waals surface area contributed by atoms with E-state index >= 15 is 0 Å². The lowest BCUT2D eigenvalue weighted by Gasteiger charge is -2.39. The number of para-hydroxylation sites is 1. The van der Waals surface area contributed by atoms with Crippen LogP contribution in [-0.4, -0.2) is 4.98 Å². The van der Waals surface area contributed by atoms with Crippen molar-refractivity contribution in [2.75, 3.05) is 0 Å². The summed E-state index contributed by atoms with van der Waals surface area (Å²) in [7, 11) is 0. The largest absolute Gasteiger partial charge is 0.457 e. The highest BCUT2D eigenvalue weighted by Gasteiger charge is 2.50. The Morgan fingerprint density at radius 3 is 1.80 bits per heavy atom. The molecule has 2 heteroatoms. The van der Waals surface area contributed by atoms with Crippen molar-refractivity contribution in [3.05, 3.63) is 162 Å². The minimum absolute atomic E-state index is 0.472. The van der Waals surface area contributed by atoms with Gasteiger partial charge in [-0.05, 0) is 80.9 Å². The number of ether oxygens (including phenoxy) is 1. The van der Waals surface area contributed by atoms with Gasteiger partial charge in [0.05, 0.1) is 11.1 Å². The van der Waals surface area contributed by atoms with Gasteiger partial charge in [-0.15, -0.1) is 0 Å². The lowest BCUT2D eigenvalue weighted by Crippen LogP contribution is -2.32. The van der Waals surface area contributed by atoms with Gasteiger partial charge in [-0.25, -0.2) is 0 Å². The maximum absolute atomic E-state index is 6.58. The number of hydrogen-bond donors (Lipinski definition) is 0. The van der Waals surface area contributed by atoms with Gasteiger partial charge >= 0.3 is 0 Å². The highest BCUT2D eigenvalue weighted by molar-refractivity contribution is 5.99. The number of nitrogens with zero attached hydrogens (tertiary/aromatic N) is 1. The first kappa shape index (κ1) is 21.7. The summed E-state index contributed by atoms with van der Waals surface area (Å²) in [4.78, 5) is 4.94. The molecule has 2 heterocycles. The number of fused-ring (bicyclic) bond motifs is 11. The van der Waals surface area contributed by atoms with E-state index in [9.17, 15) is 0 Å². The SMILES string of the molecule is c1ccc2c(c1)Oc1ccc(-c3cc4cc5ccccc5cc4cn3)cc1C21c2ccccc2-c2ccccc21. The summed E-state index contributed by atoms with van der Waals surface area (Å²) in [5, 5.41) is 4.80. The molecule has 186 valence electrons. The Hall–Kier alpha value is -5.21. The molecule has 1 aromatic heterocycles. The zero-order chi connectivity index (χ0) is 26.3. The Bertz CT molecular complexity index is 2110. The molecule has 0 atom stereocenters. The van der Waals surface area contributed by atoms with Gasteiger partial charge in [0.1, 0.15) is 11.5 Å². The summed E-state index contributed by atoms with van der Waals surface area (Å²) in [5.41, 5.74) is 9.05. The van der Waals surface area contributed by atoms with Gasteiger partial charge < -0.3 is 4.74 Å². The van der Waals surface area contributed by atoms with Crippen molar-refractivity contribution < 1.29 is 4.74 Å².